The molecule has 2 heterocycles. The molecule has 64 heavy (non-hydrogen) atoms. The fraction of sp³-hybridized carbons (Fsp3) is 0.491. The lowest BCUT2D eigenvalue weighted by molar-refractivity contribution is -0.133. The first-order chi connectivity index (χ1) is 30.1. The zero-order valence-corrected chi connectivity index (χ0v) is 38.8. The highest BCUT2D eigenvalue weighted by molar-refractivity contribution is 6.01. The summed E-state index contributed by atoms with van der Waals surface area (Å²) in [6.45, 7) is 17.7. The number of phenols is 2. The van der Waals surface area contributed by atoms with Gasteiger partial charge < -0.3 is 31.5 Å². The highest BCUT2D eigenvalue weighted by atomic mass is 19.1. The van der Waals surface area contributed by atoms with Gasteiger partial charge in [0.1, 0.15) is 28.9 Å². The van der Waals surface area contributed by atoms with Gasteiger partial charge in [0, 0.05) is 84.9 Å². The first-order valence-electron chi connectivity index (χ1n) is 22.7. The molecule has 2 saturated heterocycles. The van der Waals surface area contributed by atoms with E-state index in [2.05, 4.69) is 51.3 Å². The van der Waals surface area contributed by atoms with E-state index >= 15 is 23.2 Å². The number of hydrogen-bond donors (Lipinski definition) is 4. The van der Waals surface area contributed by atoms with E-state index in [0.717, 1.165) is 0 Å². The average Bonchev–Trinajstić information content (AvgIpc) is 3.24. The molecule has 6 rings (SSSR count). The Kier molecular flexibility index (Phi) is 15.0. The van der Waals surface area contributed by atoms with E-state index in [0.29, 0.717) is 48.2 Å². The van der Waals surface area contributed by atoms with Gasteiger partial charge in [0.25, 0.3) is 0 Å². The van der Waals surface area contributed by atoms with E-state index in [4.69, 9.17) is 11.5 Å². The lowest BCUT2D eigenvalue weighted by Gasteiger charge is -2.48. The number of halogens is 2. The summed E-state index contributed by atoms with van der Waals surface area (Å²) in [6.07, 6.45) is 1.16. The quantitative estimate of drug-likeness (QED) is 0.0912. The maximum absolute atomic E-state index is 16.3. The molecule has 4 aromatic rings. The number of benzene rings is 4. The average molecular weight is 879 g/mol. The molecule has 6 unspecified atom stereocenters. The minimum Gasteiger partial charge on any atom is -0.508 e. The number of nitrogens with zero attached hydrogens (tertiary/aromatic N) is 2. The molecule has 2 aliphatic rings. The van der Waals surface area contributed by atoms with Crippen molar-refractivity contribution in [2.24, 2.45) is 46.0 Å². The van der Waals surface area contributed by atoms with E-state index in [-0.39, 0.29) is 89.1 Å². The molecule has 0 radical (unpaired) electrons. The number of nitrogens with two attached hydrogens (primary N) is 2. The Bertz CT molecular complexity index is 2160. The molecule has 2 fully saturated rings. The second-order valence-electron chi connectivity index (χ2n) is 20.7. The van der Waals surface area contributed by atoms with Crippen LogP contribution in [0.1, 0.15) is 109 Å². The van der Waals surface area contributed by atoms with Crippen molar-refractivity contribution in [3.05, 3.63) is 130 Å². The van der Waals surface area contributed by atoms with Crippen LogP contribution in [0.3, 0.4) is 0 Å². The third-order valence-electron chi connectivity index (χ3n) is 14.3. The third-order valence-corrected chi connectivity index (χ3v) is 14.3. The number of hydrogen-bond acceptors (Lipinski definition) is 9. The molecule has 0 amide bonds. The van der Waals surface area contributed by atoms with Crippen LogP contribution in [0.15, 0.2) is 84.9 Å². The molecule has 0 aliphatic carbocycles. The van der Waals surface area contributed by atoms with Crippen LogP contribution in [-0.4, -0.2) is 88.7 Å². The zero-order valence-electron chi connectivity index (χ0n) is 38.8. The van der Waals surface area contributed by atoms with Gasteiger partial charge >= 0.3 is 0 Å². The smallest absolute Gasteiger partial charge is 0.167 e. The predicted octanol–water partition coefficient (Wildman–Crippen LogP) is 8.82. The van der Waals surface area contributed by atoms with Gasteiger partial charge in [0.2, 0.25) is 0 Å². The van der Waals surface area contributed by atoms with Gasteiger partial charge in [-0.2, -0.15) is 0 Å². The molecular formula is C53H68F2N4O5. The maximum Gasteiger partial charge on any atom is 0.167 e. The van der Waals surface area contributed by atoms with Crippen LogP contribution in [0.5, 0.6) is 11.5 Å². The normalized spacial score (nSPS) is 23.4. The SMILES string of the molecule is Cc1c(F)cccc1C1C(C(=O)c2cccc(O)c2)CN(CC[C@H](N)C(C)(C)C)CC1C(=O)C1CN(CC[C@H](N)C(C)(C)C)CC(C(=O)c2cccc(O)c2)C1c1cccc(F)c1C. The van der Waals surface area contributed by atoms with Crippen LogP contribution in [0, 0.1) is 60.0 Å². The molecule has 4 aromatic carbocycles. The van der Waals surface area contributed by atoms with Crippen LogP contribution < -0.4 is 11.5 Å². The fourth-order valence-electron chi connectivity index (χ4n) is 10.0. The largest absolute Gasteiger partial charge is 0.508 e. The van der Waals surface area contributed by atoms with Crippen molar-refractivity contribution < 1.29 is 33.4 Å². The Morgan fingerprint density at radius 1 is 0.594 bits per heavy atom. The Morgan fingerprint density at radius 3 is 1.28 bits per heavy atom. The number of Topliss-reactive ketones (excluding diaryl/α,β-unsaturated/α-hetero) is 3. The summed E-state index contributed by atoms with van der Waals surface area (Å²) >= 11 is 0. The lowest BCUT2D eigenvalue weighted by atomic mass is 9.62. The van der Waals surface area contributed by atoms with Gasteiger partial charge in [-0.25, -0.2) is 8.78 Å². The fourth-order valence-corrected chi connectivity index (χ4v) is 10.0. The van der Waals surface area contributed by atoms with Crippen molar-refractivity contribution in [1.29, 1.82) is 0 Å². The van der Waals surface area contributed by atoms with Crippen molar-refractivity contribution in [3.8, 4) is 11.5 Å². The highest BCUT2D eigenvalue weighted by Gasteiger charge is 2.52. The number of phenolic OH excluding ortho intramolecular Hbond substituents is 2. The van der Waals surface area contributed by atoms with E-state index in [1.807, 2.05) is 0 Å². The van der Waals surface area contributed by atoms with E-state index < -0.39 is 47.1 Å². The Balaban J connectivity index is 1.55. The van der Waals surface area contributed by atoms with Crippen LogP contribution in [0.25, 0.3) is 0 Å². The Hall–Kier alpha value is -4.81. The van der Waals surface area contributed by atoms with E-state index in [1.54, 1.807) is 62.4 Å². The van der Waals surface area contributed by atoms with Gasteiger partial charge in [0.15, 0.2) is 11.6 Å². The van der Waals surface area contributed by atoms with Crippen LogP contribution in [0.2, 0.25) is 0 Å². The lowest BCUT2D eigenvalue weighted by Crippen LogP contribution is -2.56. The summed E-state index contributed by atoms with van der Waals surface area (Å²) in [7, 11) is 0. The number of aromatic hydroxyl groups is 2. The summed E-state index contributed by atoms with van der Waals surface area (Å²) in [5.41, 5.74) is 15.3. The van der Waals surface area contributed by atoms with Gasteiger partial charge in [0.05, 0.1) is 0 Å². The summed E-state index contributed by atoms with van der Waals surface area (Å²) < 4.78 is 31.5. The topological polar surface area (TPSA) is 150 Å². The zero-order chi connectivity index (χ0) is 46.8. The van der Waals surface area contributed by atoms with Gasteiger partial charge in [-0.3, -0.25) is 14.4 Å². The van der Waals surface area contributed by atoms with E-state index in [1.165, 1.54) is 36.4 Å². The molecular weight excluding hydrogens is 811 g/mol. The summed E-state index contributed by atoms with van der Waals surface area (Å²) in [5, 5.41) is 21.1. The van der Waals surface area contributed by atoms with Gasteiger partial charge in [-0.05, 0) is 109 Å². The highest BCUT2D eigenvalue weighted by Crippen LogP contribution is 2.48. The summed E-state index contributed by atoms with van der Waals surface area (Å²) in [5.74, 6) is -6.94. The number of piperidine rings is 2. The molecule has 0 bridgehead atoms. The van der Waals surface area contributed by atoms with Crippen molar-refractivity contribution in [3.63, 3.8) is 0 Å². The molecule has 6 N–H and O–H groups in total. The van der Waals surface area contributed by atoms with Crippen molar-refractivity contribution in [2.45, 2.75) is 92.2 Å². The van der Waals surface area contributed by atoms with Crippen LogP contribution >= 0.6 is 0 Å². The monoisotopic (exact) mass is 879 g/mol. The van der Waals surface area contributed by atoms with Crippen molar-refractivity contribution in [1.82, 2.24) is 9.80 Å². The Labute approximate surface area is 378 Å². The third kappa shape index (κ3) is 10.8. The number of carbonyl (C=O) groups is 3. The first-order valence-corrected chi connectivity index (χ1v) is 22.7. The van der Waals surface area contributed by atoms with Crippen LogP contribution in [0.4, 0.5) is 8.78 Å². The van der Waals surface area contributed by atoms with Gasteiger partial charge in [-0.1, -0.05) is 90.1 Å². The standard InChI is InChI=1S/C53H68F2N4O5/c1-31-37(17-11-19-43(31)54)47-39(49(62)33-13-9-15-35(60)25-33)27-58(23-21-45(56)52(3,4)5)29-41(47)51(64)42-30-59(24-22-46(57)53(6,7)8)28-40(50(63)34-14-10-16-36(61)26-34)48(42)38-18-12-20-44(55)32(38)2/h9-20,25-26,39-42,45-48,60-61H,21-24,27-30,56-57H2,1-8H3/t39?,40?,41?,42?,45-,46-,47?,48?/m0/s1. The number of rotatable bonds is 14. The van der Waals surface area contributed by atoms with Gasteiger partial charge in [-0.15, -0.1) is 0 Å². The molecule has 0 saturated carbocycles. The molecule has 8 atom stereocenters. The van der Waals surface area contributed by atoms with Crippen molar-refractivity contribution in [2.75, 3.05) is 39.3 Å². The second kappa shape index (κ2) is 19.7. The van der Waals surface area contributed by atoms with Crippen molar-refractivity contribution >= 4 is 17.3 Å². The molecule has 11 heteroatoms. The Morgan fingerprint density at radius 2 is 0.938 bits per heavy atom. The number of carbonyl (C=O) groups excluding carboxylic acids is 3. The molecule has 0 spiro atoms. The van der Waals surface area contributed by atoms with E-state index in [9.17, 15) is 10.2 Å². The first kappa shape index (κ1) is 48.6. The second-order valence-corrected chi connectivity index (χ2v) is 20.7. The minimum absolute atomic E-state index is 0.0787. The summed E-state index contributed by atoms with van der Waals surface area (Å²) in [4.78, 5) is 50.6. The number of likely N-dealkylation sites (tertiary alicyclic amines) is 2. The molecule has 2 aliphatic heterocycles. The summed E-state index contributed by atoms with van der Waals surface area (Å²) in [6, 6.07) is 21.5. The number of ketones is 3. The molecule has 344 valence electrons. The molecule has 9 nitrogen and oxygen atoms in total. The minimum atomic E-state index is -0.888. The molecule has 0 aromatic heterocycles. The predicted molar refractivity (Wildman–Crippen MR) is 249 cm³/mol. The van der Waals surface area contributed by atoms with Crippen LogP contribution in [-0.2, 0) is 4.79 Å². The maximum atomic E-state index is 16.3.